The monoisotopic (exact) mass is 853 g/mol. The van der Waals surface area contributed by atoms with Crippen molar-refractivity contribution >= 4 is 73.7 Å². The van der Waals surface area contributed by atoms with Crippen molar-refractivity contribution in [3.8, 4) is 16.9 Å². The highest BCUT2D eigenvalue weighted by molar-refractivity contribution is 8.32. The number of amides is 2. The molecule has 12 nitrogen and oxygen atoms in total. The fraction of sp³-hybridized carbons (Fsp3) is 0.512. The highest BCUT2D eigenvalue weighted by atomic mass is 35.5. The number of fused-ring (bicyclic) bond motifs is 1. The third-order valence-electron chi connectivity index (χ3n) is 10.0. The Balaban J connectivity index is 1.43. The third-order valence-corrected chi connectivity index (χ3v) is 12.0. The first-order chi connectivity index (χ1) is 27.2. The van der Waals surface area contributed by atoms with Crippen LogP contribution in [-0.4, -0.2) is 93.9 Å². The molecule has 15 heteroatoms. The number of anilines is 2. The fourth-order valence-corrected chi connectivity index (χ4v) is 8.37. The highest BCUT2D eigenvalue weighted by Crippen LogP contribution is 2.40. The van der Waals surface area contributed by atoms with Crippen molar-refractivity contribution in [3.05, 3.63) is 68.5 Å². The summed E-state index contributed by atoms with van der Waals surface area (Å²) >= 11 is 13.6. The normalized spacial score (nSPS) is 15.6. The predicted molar refractivity (Wildman–Crippen MR) is 239 cm³/mol. The van der Waals surface area contributed by atoms with Crippen LogP contribution in [0, 0.1) is 11.3 Å². The van der Waals surface area contributed by atoms with Gasteiger partial charge in [0.2, 0.25) is 5.91 Å². The summed E-state index contributed by atoms with van der Waals surface area (Å²) in [5, 5.41) is 6.98. The van der Waals surface area contributed by atoms with Gasteiger partial charge in [0.05, 0.1) is 52.7 Å². The van der Waals surface area contributed by atoms with Crippen molar-refractivity contribution in [1.82, 2.24) is 24.4 Å². The Morgan fingerprint density at radius 2 is 1.76 bits per heavy atom. The van der Waals surface area contributed by atoms with E-state index in [1.807, 2.05) is 19.9 Å². The van der Waals surface area contributed by atoms with Crippen LogP contribution in [0.1, 0.15) is 70.1 Å². The van der Waals surface area contributed by atoms with Crippen LogP contribution in [0.3, 0.4) is 0 Å². The number of carbonyl (C=O) groups is 2. The quantitative estimate of drug-likeness (QED) is 0.130. The van der Waals surface area contributed by atoms with E-state index >= 15 is 0 Å². The first-order valence-corrected chi connectivity index (χ1v) is 23.5. The van der Waals surface area contributed by atoms with Crippen molar-refractivity contribution in [2.75, 3.05) is 67.6 Å². The predicted octanol–water partition coefficient (Wildman–Crippen LogP) is 8.02. The first kappa shape index (κ1) is 43.5. The Hall–Kier alpha value is -4.04. The van der Waals surface area contributed by atoms with E-state index in [1.54, 1.807) is 36.0 Å². The molecule has 0 unspecified atom stereocenters. The van der Waals surface area contributed by atoms with Crippen LogP contribution >= 0.6 is 33.2 Å². The number of halogens is 2. The van der Waals surface area contributed by atoms with E-state index in [9.17, 15) is 14.4 Å². The lowest BCUT2D eigenvalue weighted by Gasteiger charge is -2.33. The summed E-state index contributed by atoms with van der Waals surface area (Å²) in [4.78, 5) is 54.0. The minimum atomic E-state index is -0.890. The summed E-state index contributed by atoms with van der Waals surface area (Å²) in [6.45, 7) is 13.1. The van der Waals surface area contributed by atoms with Crippen molar-refractivity contribution in [1.29, 1.82) is 0 Å². The number of hydrogen-bond acceptors (Lipinski definition) is 8. The van der Waals surface area contributed by atoms with Gasteiger partial charge in [-0.15, -0.1) is 0 Å². The van der Waals surface area contributed by atoms with Gasteiger partial charge in [0.15, 0.2) is 5.75 Å². The molecule has 1 saturated carbocycles. The van der Waals surface area contributed by atoms with Crippen LogP contribution in [0.25, 0.3) is 28.2 Å². The van der Waals surface area contributed by atoms with Crippen molar-refractivity contribution in [2.45, 2.75) is 66.0 Å². The maximum absolute atomic E-state index is 14.4. The average molecular weight is 855 g/mol. The fourth-order valence-electron chi connectivity index (χ4n) is 7.37. The molecule has 2 N–H and O–H groups in total. The second-order valence-electron chi connectivity index (χ2n) is 18.1. The molecule has 0 atom stereocenters. The molecule has 1 aliphatic heterocycles. The molecule has 2 fully saturated rings. The van der Waals surface area contributed by atoms with Crippen LogP contribution in [0.15, 0.2) is 41.5 Å². The Kier molecular flexibility index (Phi) is 13.0. The maximum Gasteiger partial charge on any atom is 0.263 e. The number of ether oxygens (including phenoxy) is 2. The molecule has 1 saturated heterocycles. The summed E-state index contributed by atoms with van der Waals surface area (Å²) in [6.07, 6.45) is 16.7. The molecule has 1 aliphatic carbocycles. The van der Waals surface area contributed by atoms with Gasteiger partial charge in [-0.05, 0) is 87.0 Å². The number of hydrogen-bond donors (Lipinski definition) is 2. The van der Waals surface area contributed by atoms with Crippen LogP contribution < -0.4 is 25.8 Å². The number of allylic oxidation sites excluding steroid dienone is 1. The van der Waals surface area contributed by atoms with Crippen LogP contribution in [-0.2, 0) is 23.1 Å². The molecule has 0 spiro atoms. The topological polar surface area (TPSA) is 133 Å². The zero-order valence-electron chi connectivity index (χ0n) is 35.1. The minimum absolute atomic E-state index is 0.0489. The Morgan fingerprint density at radius 3 is 2.41 bits per heavy atom. The van der Waals surface area contributed by atoms with Crippen LogP contribution in [0.2, 0.25) is 10.0 Å². The molecule has 4 aromatic rings. The number of aromatic nitrogens is 4. The van der Waals surface area contributed by atoms with Crippen molar-refractivity contribution in [3.63, 3.8) is 0 Å². The van der Waals surface area contributed by atoms with E-state index in [0.717, 1.165) is 25.0 Å². The molecule has 0 bridgehead atoms. The van der Waals surface area contributed by atoms with Gasteiger partial charge in [-0.25, -0.2) is 20.0 Å². The summed E-state index contributed by atoms with van der Waals surface area (Å²) in [6, 6.07) is 5.18. The van der Waals surface area contributed by atoms with Gasteiger partial charge in [-0.3, -0.25) is 19.0 Å². The Morgan fingerprint density at radius 1 is 1.05 bits per heavy atom. The molecule has 2 amide bonds. The van der Waals surface area contributed by atoms with Gasteiger partial charge < -0.3 is 29.6 Å². The Bertz CT molecular complexity index is 2280. The van der Waals surface area contributed by atoms with E-state index in [4.69, 9.17) is 37.7 Å². The van der Waals surface area contributed by atoms with E-state index < -0.39 is 15.6 Å². The average Bonchev–Trinajstić information content (AvgIpc) is 3.89. The number of benzene rings is 1. The van der Waals surface area contributed by atoms with Crippen LogP contribution in [0.4, 0.5) is 11.5 Å². The number of nitrogens with zero attached hydrogens (tertiary/aromatic N) is 5. The molecule has 0 radical (unpaired) electrons. The van der Waals surface area contributed by atoms with Gasteiger partial charge in [-0.2, -0.15) is 0 Å². The minimum Gasteiger partial charge on any atom is -0.490 e. The molecule has 2 aliphatic rings. The molecule has 6 rings (SSSR count). The number of carbonyl (C=O) groups excluding carboxylic acids is 2. The zero-order valence-corrected chi connectivity index (χ0v) is 37.5. The lowest BCUT2D eigenvalue weighted by atomic mass is 9.81. The van der Waals surface area contributed by atoms with Gasteiger partial charge >= 0.3 is 0 Å². The lowest BCUT2D eigenvalue weighted by Crippen LogP contribution is -2.46. The summed E-state index contributed by atoms with van der Waals surface area (Å²) in [5.74, 6) is 1.97. The van der Waals surface area contributed by atoms with E-state index in [0.29, 0.717) is 78.0 Å². The number of pyridine rings is 1. The van der Waals surface area contributed by atoms with E-state index in [-0.39, 0.29) is 51.1 Å². The molecular formula is C43H57Cl2N7O5S. The molecule has 1 aromatic carbocycles. The summed E-state index contributed by atoms with van der Waals surface area (Å²) < 4.78 is 15.0. The van der Waals surface area contributed by atoms with Crippen molar-refractivity contribution in [2.24, 2.45) is 18.4 Å². The standard InChI is InChI=1S/C43H57Cl2N7O5S/c1-42(2,3)26-43(4,5)49-40(54)29-20-28(21-31(44)38(29)57-18-19-58(7,8)9)30-24-52(39-37(30)41(55)50(6)34(48-39)13-12-27-10-11-27)25-36(53)47-33-22-35(46-23-32(33)45)51-14-16-56-17-15-51/h12-13,20-24,27H,10-11,14-19,25-26H2,1-9H3,(H,49,54)(H,46,47,53)/b13-12+. The molecule has 314 valence electrons. The van der Waals surface area contributed by atoms with E-state index in [1.165, 1.54) is 10.8 Å². The first-order valence-electron chi connectivity index (χ1n) is 19.7. The molecule has 3 aromatic heterocycles. The molecular weight excluding hydrogens is 797 g/mol. The second kappa shape index (κ2) is 17.3. The maximum atomic E-state index is 14.4. The van der Waals surface area contributed by atoms with Crippen LogP contribution in [0.5, 0.6) is 5.75 Å². The molecule has 4 heterocycles. The van der Waals surface area contributed by atoms with Gasteiger partial charge in [-0.1, -0.05) is 50.0 Å². The second-order valence-corrected chi connectivity index (χ2v) is 23.5. The number of rotatable bonds is 14. The molecule has 58 heavy (non-hydrogen) atoms. The van der Waals surface area contributed by atoms with Gasteiger partial charge in [0.25, 0.3) is 11.5 Å². The largest absolute Gasteiger partial charge is 0.490 e. The summed E-state index contributed by atoms with van der Waals surface area (Å²) in [7, 11) is 0.794. The summed E-state index contributed by atoms with van der Waals surface area (Å²) in [5.41, 5.74) is 1.06. The SMILES string of the molecule is Cn1c(/C=C/C2CC2)nc2c(c(-c3cc(Cl)c(OCCS(C)(C)C)c(C(=O)NC(C)(C)CC(C)(C)C)c3)cn2CC(=O)Nc2cc(N3CCOCC3)ncc2Cl)c1=O. The van der Waals surface area contributed by atoms with E-state index in [2.05, 4.69) is 66.1 Å². The van der Waals surface area contributed by atoms with Crippen molar-refractivity contribution < 1.29 is 19.1 Å². The number of morpholine rings is 1. The van der Waals surface area contributed by atoms with Gasteiger partial charge in [0, 0.05) is 49.3 Å². The Labute approximate surface area is 353 Å². The smallest absolute Gasteiger partial charge is 0.263 e. The highest BCUT2D eigenvalue weighted by Gasteiger charge is 2.30. The lowest BCUT2D eigenvalue weighted by molar-refractivity contribution is -0.116. The number of nitrogens with one attached hydrogen (secondary N) is 2. The third kappa shape index (κ3) is 11.0. The van der Waals surface area contributed by atoms with Gasteiger partial charge in [0.1, 0.15) is 23.8 Å². The zero-order chi connectivity index (χ0) is 42.2.